The van der Waals surface area contributed by atoms with Crippen LogP contribution in [0, 0.1) is 0 Å². The lowest BCUT2D eigenvalue weighted by Gasteiger charge is -2.10. The molecule has 1 aromatic heterocycles. The van der Waals surface area contributed by atoms with Crippen molar-refractivity contribution in [2.75, 3.05) is 14.1 Å². The van der Waals surface area contributed by atoms with Crippen LogP contribution in [0.15, 0.2) is 30.5 Å². The highest BCUT2D eigenvalue weighted by atomic mass is 35.5. The predicted molar refractivity (Wildman–Crippen MR) is 77.2 cm³/mol. The van der Waals surface area contributed by atoms with Crippen LogP contribution in [0.2, 0.25) is 5.02 Å². The first-order valence-corrected chi connectivity index (χ1v) is 6.53. The third kappa shape index (κ3) is 2.84. The van der Waals surface area contributed by atoms with Crippen LogP contribution in [-0.2, 0) is 0 Å². The number of aliphatic hydroxyl groups excluding tert-OH is 1. The lowest BCUT2D eigenvalue weighted by atomic mass is 10.1. The Morgan fingerprint density at radius 3 is 2.65 bits per heavy atom. The molecular formula is C14H16ClN3O2. The molecule has 1 N–H and O–H groups in total. The molecule has 2 aromatic rings. The summed E-state index contributed by atoms with van der Waals surface area (Å²) in [6, 6.07) is 6.90. The van der Waals surface area contributed by atoms with Gasteiger partial charge < -0.3 is 10.0 Å². The fourth-order valence-electron chi connectivity index (χ4n) is 1.81. The number of nitrogens with zero attached hydrogens (tertiary/aromatic N) is 3. The first-order chi connectivity index (χ1) is 9.40. The number of amides is 1. The molecular weight excluding hydrogens is 278 g/mol. The average Bonchev–Trinajstić information content (AvgIpc) is 2.86. The molecule has 1 atom stereocenters. The van der Waals surface area contributed by atoms with E-state index in [1.165, 1.54) is 4.90 Å². The minimum atomic E-state index is -0.625. The largest absolute Gasteiger partial charge is 0.389 e. The molecule has 1 aromatic carbocycles. The van der Waals surface area contributed by atoms with Crippen molar-refractivity contribution in [1.82, 2.24) is 14.7 Å². The molecule has 1 heterocycles. The number of aromatic nitrogens is 2. The average molecular weight is 294 g/mol. The van der Waals surface area contributed by atoms with Crippen molar-refractivity contribution in [3.8, 4) is 5.69 Å². The molecule has 0 spiro atoms. The zero-order valence-electron chi connectivity index (χ0n) is 11.5. The topological polar surface area (TPSA) is 58.4 Å². The summed E-state index contributed by atoms with van der Waals surface area (Å²) in [5, 5.41) is 14.2. The van der Waals surface area contributed by atoms with Gasteiger partial charge in [0.2, 0.25) is 0 Å². The van der Waals surface area contributed by atoms with Crippen molar-refractivity contribution in [2.45, 2.75) is 13.0 Å². The molecule has 20 heavy (non-hydrogen) atoms. The van der Waals surface area contributed by atoms with Crippen molar-refractivity contribution in [1.29, 1.82) is 0 Å². The Hall–Kier alpha value is -1.85. The molecule has 1 amide bonds. The molecule has 5 nitrogen and oxygen atoms in total. The number of aliphatic hydroxyl groups is 1. The standard InChI is InChI=1S/C14H16ClN3O2/c1-9(19)11-5-4-10(8-12(11)15)18-7-6-13(16-18)14(20)17(2)3/h4-9,19H,1-3H3. The van der Waals surface area contributed by atoms with Gasteiger partial charge in [-0.25, -0.2) is 4.68 Å². The van der Waals surface area contributed by atoms with Crippen LogP contribution in [0.4, 0.5) is 0 Å². The van der Waals surface area contributed by atoms with E-state index in [0.29, 0.717) is 16.3 Å². The molecule has 0 aliphatic carbocycles. The highest BCUT2D eigenvalue weighted by Crippen LogP contribution is 2.25. The molecule has 6 heteroatoms. The Bertz CT molecular complexity index is 635. The molecule has 0 aliphatic heterocycles. The molecule has 0 saturated heterocycles. The van der Waals surface area contributed by atoms with E-state index in [2.05, 4.69) is 5.10 Å². The first kappa shape index (κ1) is 14.6. The SMILES string of the molecule is CC(O)c1ccc(-n2ccc(C(=O)N(C)C)n2)cc1Cl. The number of halogens is 1. The Labute approximate surface area is 122 Å². The second-order valence-corrected chi connectivity index (χ2v) is 5.13. The molecule has 0 aliphatic rings. The number of carbonyl (C=O) groups excluding carboxylic acids is 1. The molecule has 2 rings (SSSR count). The van der Waals surface area contributed by atoms with Crippen molar-refractivity contribution in [3.05, 3.63) is 46.7 Å². The van der Waals surface area contributed by atoms with E-state index in [9.17, 15) is 9.90 Å². The van der Waals surface area contributed by atoms with E-state index in [0.717, 1.165) is 5.69 Å². The van der Waals surface area contributed by atoms with Gasteiger partial charge >= 0.3 is 0 Å². The Morgan fingerprint density at radius 2 is 2.10 bits per heavy atom. The van der Waals surface area contributed by atoms with Crippen molar-refractivity contribution < 1.29 is 9.90 Å². The number of benzene rings is 1. The lowest BCUT2D eigenvalue weighted by Crippen LogP contribution is -2.22. The fourth-order valence-corrected chi connectivity index (χ4v) is 2.14. The lowest BCUT2D eigenvalue weighted by molar-refractivity contribution is 0.0821. The Balaban J connectivity index is 2.33. The second-order valence-electron chi connectivity index (χ2n) is 4.73. The molecule has 1 unspecified atom stereocenters. The van der Waals surface area contributed by atoms with Gasteiger partial charge in [-0.2, -0.15) is 5.10 Å². The van der Waals surface area contributed by atoms with Gasteiger partial charge in [0.15, 0.2) is 5.69 Å². The zero-order valence-corrected chi connectivity index (χ0v) is 12.3. The zero-order chi connectivity index (χ0) is 14.9. The Morgan fingerprint density at radius 1 is 1.40 bits per heavy atom. The van der Waals surface area contributed by atoms with Gasteiger partial charge in [-0.15, -0.1) is 0 Å². The number of rotatable bonds is 3. The maximum Gasteiger partial charge on any atom is 0.273 e. The number of hydrogen-bond acceptors (Lipinski definition) is 3. The summed E-state index contributed by atoms with van der Waals surface area (Å²) < 4.78 is 1.58. The van der Waals surface area contributed by atoms with Crippen molar-refractivity contribution in [3.63, 3.8) is 0 Å². The van der Waals surface area contributed by atoms with Gasteiger partial charge in [0.05, 0.1) is 11.8 Å². The van der Waals surface area contributed by atoms with Crippen molar-refractivity contribution in [2.24, 2.45) is 0 Å². The smallest absolute Gasteiger partial charge is 0.273 e. The maximum absolute atomic E-state index is 11.8. The summed E-state index contributed by atoms with van der Waals surface area (Å²) in [7, 11) is 3.35. The van der Waals surface area contributed by atoms with Gasteiger partial charge in [-0.1, -0.05) is 17.7 Å². The minimum Gasteiger partial charge on any atom is -0.389 e. The van der Waals surface area contributed by atoms with Crippen LogP contribution in [0.25, 0.3) is 5.69 Å². The summed E-state index contributed by atoms with van der Waals surface area (Å²) in [5.41, 5.74) is 1.76. The van der Waals surface area contributed by atoms with E-state index in [-0.39, 0.29) is 5.91 Å². The predicted octanol–water partition coefficient (Wildman–Crippen LogP) is 2.28. The molecule has 0 fully saturated rings. The minimum absolute atomic E-state index is 0.157. The quantitative estimate of drug-likeness (QED) is 0.944. The summed E-state index contributed by atoms with van der Waals surface area (Å²) >= 11 is 6.12. The first-order valence-electron chi connectivity index (χ1n) is 6.15. The van der Waals surface area contributed by atoms with Crippen LogP contribution in [0.5, 0.6) is 0 Å². The molecule has 0 saturated carbocycles. The monoisotopic (exact) mass is 293 g/mol. The highest BCUT2D eigenvalue weighted by molar-refractivity contribution is 6.31. The van der Waals surface area contributed by atoms with Gasteiger partial charge in [0.25, 0.3) is 5.91 Å². The maximum atomic E-state index is 11.8. The Kier molecular flexibility index (Phi) is 4.11. The van der Waals surface area contributed by atoms with E-state index >= 15 is 0 Å². The molecule has 0 radical (unpaired) electrons. The fraction of sp³-hybridized carbons (Fsp3) is 0.286. The van der Waals surface area contributed by atoms with E-state index < -0.39 is 6.10 Å². The summed E-state index contributed by atoms with van der Waals surface area (Å²) in [6.45, 7) is 1.66. The summed E-state index contributed by atoms with van der Waals surface area (Å²) in [6.07, 6.45) is 1.07. The van der Waals surface area contributed by atoms with E-state index in [1.54, 1.807) is 56.2 Å². The van der Waals surface area contributed by atoms with Gasteiger partial charge in [0.1, 0.15) is 0 Å². The van der Waals surface area contributed by atoms with Crippen LogP contribution in [0.3, 0.4) is 0 Å². The highest BCUT2D eigenvalue weighted by Gasteiger charge is 2.13. The summed E-state index contributed by atoms with van der Waals surface area (Å²) in [4.78, 5) is 13.3. The van der Waals surface area contributed by atoms with Gasteiger partial charge in [0, 0.05) is 25.3 Å². The third-order valence-corrected chi connectivity index (χ3v) is 3.24. The number of carbonyl (C=O) groups is 1. The normalized spacial score (nSPS) is 12.2. The van der Waals surface area contributed by atoms with Crippen LogP contribution < -0.4 is 0 Å². The van der Waals surface area contributed by atoms with Crippen LogP contribution >= 0.6 is 11.6 Å². The third-order valence-electron chi connectivity index (χ3n) is 2.91. The molecule has 0 bridgehead atoms. The van der Waals surface area contributed by atoms with Crippen molar-refractivity contribution >= 4 is 17.5 Å². The van der Waals surface area contributed by atoms with Crippen LogP contribution in [-0.4, -0.2) is 39.8 Å². The second kappa shape index (κ2) is 5.64. The van der Waals surface area contributed by atoms with Gasteiger partial charge in [-0.3, -0.25) is 4.79 Å². The van der Waals surface area contributed by atoms with E-state index in [1.807, 2.05) is 0 Å². The van der Waals surface area contributed by atoms with E-state index in [4.69, 9.17) is 11.6 Å². The number of hydrogen-bond donors (Lipinski definition) is 1. The van der Waals surface area contributed by atoms with Crippen LogP contribution in [0.1, 0.15) is 29.1 Å². The van der Waals surface area contributed by atoms with Gasteiger partial charge in [-0.05, 0) is 30.7 Å². The summed E-state index contributed by atoms with van der Waals surface area (Å²) in [5.74, 6) is -0.157. The molecule has 106 valence electrons.